The summed E-state index contributed by atoms with van der Waals surface area (Å²) in [5.41, 5.74) is 3.04. The zero-order valence-electron chi connectivity index (χ0n) is 20.5. The molecule has 3 aromatic rings. The van der Waals surface area contributed by atoms with Crippen molar-refractivity contribution >= 4 is 11.8 Å². The molecule has 1 unspecified atom stereocenters. The fraction of sp³-hybridized carbons (Fsp3) is 0.379. The Balaban J connectivity index is 1.68. The van der Waals surface area contributed by atoms with Crippen molar-refractivity contribution in [3.8, 4) is 5.75 Å². The van der Waals surface area contributed by atoms with E-state index in [9.17, 15) is 9.59 Å². The van der Waals surface area contributed by atoms with E-state index in [-0.39, 0.29) is 23.6 Å². The van der Waals surface area contributed by atoms with Crippen molar-refractivity contribution < 1.29 is 18.7 Å². The molecule has 1 heterocycles. The lowest BCUT2D eigenvalue weighted by Gasteiger charge is -2.33. The van der Waals surface area contributed by atoms with Gasteiger partial charge in [0, 0.05) is 12.6 Å². The molecule has 35 heavy (non-hydrogen) atoms. The SMILES string of the molecule is COc1ccc(C(C(=O)NC2CCCCC2)N(CCc2ccccc2C)C(=O)c2ccco2)cc1. The van der Waals surface area contributed by atoms with Crippen LogP contribution in [0, 0.1) is 6.92 Å². The van der Waals surface area contributed by atoms with Gasteiger partial charge in [-0.2, -0.15) is 0 Å². The Hall–Kier alpha value is -3.54. The maximum absolute atomic E-state index is 13.8. The van der Waals surface area contributed by atoms with E-state index in [0.717, 1.165) is 42.4 Å². The van der Waals surface area contributed by atoms with Crippen molar-refractivity contribution in [1.82, 2.24) is 10.2 Å². The van der Waals surface area contributed by atoms with Crippen molar-refractivity contribution in [3.63, 3.8) is 0 Å². The molecule has 0 bridgehead atoms. The lowest BCUT2D eigenvalue weighted by atomic mass is 9.94. The molecule has 1 atom stereocenters. The largest absolute Gasteiger partial charge is 0.497 e. The Bertz CT molecular complexity index is 1100. The smallest absolute Gasteiger partial charge is 0.290 e. The van der Waals surface area contributed by atoms with Gasteiger partial charge in [-0.1, -0.05) is 55.7 Å². The fourth-order valence-corrected chi connectivity index (χ4v) is 4.81. The molecule has 1 aliphatic carbocycles. The monoisotopic (exact) mass is 474 g/mol. The number of nitrogens with one attached hydrogen (secondary N) is 1. The molecular weight excluding hydrogens is 440 g/mol. The number of hydrogen-bond donors (Lipinski definition) is 1. The van der Waals surface area contributed by atoms with E-state index < -0.39 is 6.04 Å². The van der Waals surface area contributed by atoms with Crippen LogP contribution in [0.25, 0.3) is 0 Å². The Morgan fingerprint density at radius 3 is 2.43 bits per heavy atom. The van der Waals surface area contributed by atoms with Crippen LogP contribution in [-0.2, 0) is 11.2 Å². The topological polar surface area (TPSA) is 71.8 Å². The number of rotatable bonds is 9. The van der Waals surface area contributed by atoms with Crippen LogP contribution in [0.5, 0.6) is 5.75 Å². The number of hydrogen-bond acceptors (Lipinski definition) is 4. The van der Waals surface area contributed by atoms with Gasteiger partial charge in [-0.15, -0.1) is 0 Å². The number of carbonyl (C=O) groups excluding carboxylic acids is 2. The van der Waals surface area contributed by atoms with Gasteiger partial charge in [0.2, 0.25) is 5.91 Å². The minimum Gasteiger partial charge on any atom is -0.497 e. The highest BCUT2D eigenvalue weighted by Gasteiger charge is 2.34. The Morgan fingerprint density at radius 1 is 1.03 bits per heavy atom. The van der Waals surface area contributed by atoms with Crippen LogP contribution < -0.4 is 10.1 Å². The Morgan fingerprint density at radius 2 is 1.77 bits per heavy atom. The van der Waals surface area contributed by atoms with Gasteiger partial charge in [0.15, 0.2) is 5.76 Å². The Labute approximate surface area is 207 Å². The zero-order chi connectivity index (χ0) is 24.6. The molecule has 2 amide bonds. The maximum Gasteiger partial charge on any atom is 0.290 e. The third-order valence-electron chi connectivity index (χ3n) is 6.82. The van der Waals surface area contributed by atoms with Gasteiger partial charge in [0.1, 0.15) is 11.8 Å². The first-order valence-electron chi connectivity index (χ1n) is 12.4. The van der Waals surface area contributed by atoms with Gasteiger partial charge >= 0.3 is 0 Å². The van der Waals surface area contributed by atoms with Crippen molar-refractivity contribution in [3.05, 3.63) is 89.4 Å². The quantitative estimate of drug-likeness (QED) is 0.446. The maximum atomic E-state index is 13.8. The van der Waals surface area contributed by atoms with E-state index in [1.54, 1.807) is 24.1 Å². The first-order valence-corrected chi connectivity index (χ1v) is 12.4. The summed E-state index contributed by atoms with van der Waals surface area (Å²) in [6, 6.07) is 18.2. The molecule has 184 valence electrons. The average molecular weight is 475 g/mol. The van der Waals surface area contributed by atoms with E-state index >= 15 is 0 Å². The van der Waals surface area contributed by atoms with Crippen LogP contribution in [-0.4, -0.2) is 36.4 Å². The molecule has 0 spiro atoms. The molecule has 6 heteroatoms. The van der Waals surface area contributed by atoms with Crippen molar-refractivity contribution in [2.45, 2.75) is 57.5 Å². The van der Waals surface area contributed by atoms with Crippen LogP contribution in [0.15, 0.2) is 71.3 Å². The summed E-state index contributed by atoms with van der Waals surface area (Å²) >= 11 is 0. The normalized spacial score (nSPS) is 14.8. The van der Waals surface area contributed by atoms with Gasteiger partial charge < -0.3 is 19.4 Å². The number of methoxy groups -OCH3 is 1. The number of benzene rings is 2. The second kappa shape index (κ2) is 11.7. The van der Waals surface area contributed by atoms with E-state index in [1.165, 1.54) is 12.7 Å². The Kier molecular flexibility index (Phi) is 8.24. The number of amides is 2. The molecule has 2 aromatic carbocycles. The van der Waals surface area contributed by atoms with Crippen LogP contribution >= 0.6 is 0 Å². The molecule has 1 fully saturated rings. The number of aryl methyl sites for hydroxylation is 1. The number of nitrogens with zero attached hydrogens (tertiary/aromatic N) is 1. The molecule has 0 saturated heterocycles. The molecule has 1 saturated carbocycles. The van der Waals surface area contributed by atoms with Crippen molar-refractivity contribution in [2.75, 3.05) is 13.7 Å². The molecule has 1 N–H and O–H groups in total. The zero-order valence-corrected chi connectivity index (χ0v) is 20.5. The molecule has 4 rings (SSSR count). The summed E-state index contributed by atoms with van der Waals surface area (Å²) in [7, 11) is 1.61. The first kappa shape index (κ1) is 24.6. The summed E-state index contributed by atoms with van der Waals surface area (Å²) in [5, 5.41) is 3.24. The predicted molar refractivity (Wildman–Crippen MR) is 135 cm³/mol. The van der Waals surface area contributed by atoms with Crippen molar-refractivity contribution in [2.24, 2.45) is 0 Å². The van der Waals surface area contributed by atoms with E-state index in [1.807, 2.05) is 36.4 Å². The highest BCUT2D eigenvalue weighted by molar-refractivity contribution is 5.96. The lowest BCUT2D eigenvalue weighted by molar-refractivity contribution is -0.126. The standard InChI is InChI=1S/C29H34N2O4/c1-21-9-6-7-10-22(21)18-19-31(29(33)26-13-8-20-35-26)27(23-14-16-25(34-2)17-15-23)28(32)30-24-11-4-3-5-12-24/h6-10,13-17,20,24,27H,3-5,11-12,18-19H2,1-2H3,(H,30,32). The minimum absolute atomic E-state index is 0.133. The van der Waals surface area contributed by atoms with Gasteiger partial charge in [-0.05, 0) is 67.1 Å². The van der Waals surface area contributed by atoms with E-state index in [4.69, 9.17) is 9.15 Å². The first-order chi connectivity index (χ1) is 17.1. The summed E-state index contributed by atoms with van der Waals surface area (Å²) in [6.07, 6.45) is 7.47. The van der Waals surface area contributed by atoms with Crippen LogP contribution in [0.4, 0.5) is 0 Å². The fourth-order valence-electron chi connectivity index (χ4n) is 4.81. The number of carbonyl (C=O) groups is 2. The van der Waals surface area contributed by atoms with Gasteiger partial charge in [0.25, 0.3) is 5.91 Å². The highest BCUT2D eigenvalue weighted by atomic mass is 16.5. The average Bonchev–Trinajstić information content (AvgIpc) is 3.43. The van der Waals surface area contributed by atoms with E-state index in [2.05, 4.69) is 24.4 Å². The third-order valence-corrected chi connectivity index (χ3v) is 6.82. The highest BCUT2D eigenvalue weighted by Crippen LogP contribution is 2.28. The van der Waals surface area contributed by atoms with Crippen LogP contribution in [0.3, 0.4) is 0 Å². The number of furan rings is 1. The summed E-state index contributed by atoms with van der Waals surface area (Å²) < 4.78 is 10.8. The van der Waals surface area contributed by atoms with Crippen molar-refractivity contribution in [1.29, 1.82) is 0 Å². The molecule has 1 aromatic heterocycles. The third kappa shape index (κ3) is 6.13. The van der Waals surface area contributed by atoms with Crippen LogP contribution in [0.1, 0.15) is 65.4 Å². The van der Waals surface area contributed by atoms with Gasteiger partial charge in [-0.3, -0.25) is 9.59 Å². The lowest BCUT2D eigenvalue weighted by Crippen LogP contribution is -2.47. The van der Waals surface area contributed by atoms with E-state index in [0.29, 0.717) is 18.7 Å². The second-order valence-corrected chi connectivity index (χ2v) is 9.17. The number of ether oxygens (including phenoxy) is 1. The molecule has 0 aliphatic heterocycles. The van der Waals surface area contributed by atoms with Crippen LogP contribution in [0.2, 0.25) is 0 Å². The molecule has 0 radical (unpaired) electrons. The second-order valence-electron chi connectivity index (χ2n) is 9.17. The summed E-state index contributed by atoms with van der Waals surface area (Å²) in [5.74, 6) is 0.456. The summed E-state index contributed by atoms with van der Waals surface area (Å²) in [6.45, 7) is 2.43. The molecule has 1 aliphatic rings. The summed E-state index contributed by atoms with van der Waals surface area (Å²) in [4.78, 5) is 29.1. The predicted octanol–water partition coefficient (Wildman–Crippen LogP) is 5.47. The van der Waals surface area contributed by atoms with Gasteiger partial charge in [0.05, 0.1) is 13.4 Å². The molecule has 6 nitrogen and oxygen atoms in total. The minimum atomic E-state index is -0.788. The van der Waals surface area contributed by atoms with Gasteiger partial charge in [-0.25, -0.2) is 0 Å². The molecular formula is C29H34N2O4.